The fourth-order valence-electron chi connectivity index (χ4n) is 1.53. The number of halogens is 2. The molecular weight excluding hydrogens is 347 g/mol. The average molecular weight is 357 g/mol. The van der Waals surface area contributed by atoms with Crippen molar-refractivity contribution in [3.63, 3.8) is 0 Å². The van der Waals surface area contributed by atoms with Crippen LogP contribution in [0.4, 0.5) is 5.00 Å². The van der Waals surface area contributed by atoms with Gasteiger partial charge in [-0.3, -0.25) is 4.79 Å². The molecule has 1 aromatic carbocycles. The summed E-state index contributed by atoms with van der Waals surface area (Å²) in [6, 6.07) is 8.92. The third kappa shape index (κ3) is 3.92. The topological polar surface area (TPSA) is 52.9 Å². The summed E-state index contributed by atoms with van der Waals surface area (Å²) in [7, 11) is 0. The number of anilines is 1. The molecule has 1 atom stereocenters. The standard InChI is InChI=1S/C14H10Cl2N2OS2/c1-8(21-12-10(15)3-2-4-11(12)16)13(19)18-14-9(7-17)5-6-20-14/h2-6,8H,1H3,(H,18,19)/t8-/m1/s1. The number of carbonyl (C=O) groups excluding carboxylic acids is 1. The van der Waals surface area contributed by atoms with E-state index in [-0.39, 0.29) is 5.91 Å². The van der Waals surface area contributed by atoms with Crippen molar-refractivity contribution in [1.29, 1.82) is 5.26 Å². The Morgan fingerprint density at radius 3 is 2.67 bits per heavy atom. The molecule has 0 fully saturated rings. The number of amides is 1. The minimum absolute atomic E-state index is 0.199. The second-order valence-electron chi connectivity index (χ2n) is 4.08. The van der Waals surface area contributed by atoms with Gasteiger partial charge in [0.1, 0.15) is 11.1 Å². The number of nitriles is 1. The van der Waals surface area contributed by atoms with Gasteiger partial charge in [0.15, 0.2) is 0 Å². The second kappa shape index (κ2) is 7.19. The van der Waals surface area contributed by atoms with Crippen molar-refractivity contribution in [3.8, 4) is 6.07 Å². The molecule has 0 spiro atoms. The number of carbonyl (C=O) groups is 1. The van der Waals surface area contributed by atoms with Gasteiger partial charge in [0, 0.05) is 4.90 Å². The highest BCUT2D eigenvalue weighted by atomic mass is 35.5. The first-order valence-corrected chi connectivity index (χ1v) is 8.43. The molecule has 0 radical (unpaired) electrons. The molecule has 108 valence electrons. The van der Waals surface area contributed by atoms with Crippen LogP contribution in [0.3, 0.4) is 0 Å². The number of nitrogens with one attached hydrogen (secondary N) is 1. The average Bonchev–Trinajstić information content (AvgIpc) is 2.90. The van der Waals surface area contributed by atoms with Crippen LogP contribution in [0.25, 0.3) is 0 Å². The van der Waals surface area contributed by atoms with Crippen LogP contribution in [0.15, 0.2) is 34.5 Å². The molecule has 0 saturated carbocycles. The first-order chi connectivity index (χ1) is 10.0. The molecule has 1 amide bonds. The van der Waals surface area contributed by atoms with Crippen LogP contribution in [0.2, 0.25) is 10.0 Å². The minimum Gasteiger partial charge on any atom is -0.316 e. The van der Waals surface area contributed by atoms with Crippen molar-refractivity contribution in [2.45, 2.75) is 17.1 Å². The van der Waals surface area contributed by atoms with Gasteiger partial charge in [0.2, 0.25) is 5.91 Å². The fraction of sp³-hybridized carbons (Fsp3) is 0.143. The number of nitrogens with zero attached hydrogens (tertiary/aromatic N) is 1. The monoisotopic (exact) mass is 356 g/mol. The lowest BCUT2D eigenvalue weighted by molar-refractivity contribution is -0.115. The zero-order chi connectivity index (χ0) is 15.4. The van der Waals surface area contributed by atoms with E-state index in [4.69, 9.17) is 28.5 Å². The Kier molecular flexibility index (Phi) is 5.54. The molecule has 3 nitrogen and oxygen atoms in total. The van der Waals surface area contributed by atoms with Crippen molar-refractivity contribution in [2.75, 3.05) is 5.32 Å². The molecule has 0 unspecified atom stereocenters. The van der Waals surface area contributed by atoms with Crippen molar-refractivity contribution in [1.82, 2.24) is 0 Å². The smallest absolute Gasteiger partial charge is 0.238 e. The van der Waals surface area contributed by atoms with E-state index in [9.17, 15) is 4.79 Å². The Hall–Kier alpha value is -1.19. The van der Waals surface area contributed by atoms with E-state index in [1.54, 1.807) is 36.6 Å². The molecular formula is C14H10Cl2N2OS2. The summed E-state index contributed by atoms with van der Waals surface area (Å²) < 4.78 is 0. The minimum atomic E-state index is -0.393. The Morgan fingerprint density at radius 2 is 2.05 bits per heavy atom. The molecule has 0 aliphatic heterocycles. The van der Waals surface area contributed by atoms with Gasteiger partial charge in [-0.05, 0) is 30.5 Å². The summed E-state index contributed by atoms with van der Waals surface area (Å²) in [5, 5.41) is 14.6. The molecule has 0 bridgehead atoms. The number of thiophene rings is 1. The van der Waals surface area contributed by atoms with Crippen LogP contribution >= 0.6 is 46.3 Å². The molecule has 0 aliphatic carbocycles. The Labute approximate surface area is 140 Å². The maximum Gasteiger partial charge on any atom is 0.238 e. The van der Waals surface area contributed by atoms with Crippen molar-refractivity contribution >= 4 is 57.2 Å². The highest BCUT2D eigenvalue weighted by Crippen LogP contribution is 2.36. The van der Waals surface area contributed by atoms with E-state index in [2.05, 4.69) is 5.32 Å². The van der Waals surface area contributed by atoms with E-state index in [0.29, 0.717) is 25.5 Å². The Balaban J connectivity index is 2.09. The maximum atomic E-state index is 12.2. The number of hydrogen-bond donors (Lipinski definition) is 1. The Bertz CT molecular complexity index is 689. The highest BCUT2D eigenvalue weighted by Gasteiger charge is 2.19. The lowest BCUT2D eigenvalue weighted by Gasteiger charge is -2.13. The SMILES string of the molecule is C[C@@H](Sc1c(Cl)cccc1Cl)C(=O)Nc1sccc1C#N. The third-order valence-corrected chi connectivity index (χ3v) is 5.53. The largest absolute Gasteiger partial charge is 0.316 e. The van der Waals surface area contributed by atoms with Gasteiger partial charge in [0.25, 0.3) is 0 Å². The van der Waals surface area contributed by atoms with Crippen LogP contribution in [0, 0.1) is 11.3 Å². The number of hydrogen-bond acceptors (Lipinski definition) is 4. The summed E-state index contributed by atoms with van der Waals surface area (Å²) in [6.45, 7) is 1.76. The molecule has 1 N–H and O–H groups in total. The van der Waals surface area contributed by atoms with Gasteiger partial charge in [-0.1, -0.05) is 29.3 Å². The summed E-state index contributed by atoms with van der Waals surface area (Å²) in [5.41, 5.74) is 0.460. The van der Waals surface area contributed by atoms with Crippen LogP contribution in [0.1, 0.15) is 12.5 Å². The Morgan fingerprint density at radius 1 is 1.38 bits per heavy atom. The highest BCUT2D eigenvalue weighted by molar-refractivity contribution is 8.00. The van der Waals surface area contributed by atoms with E-state index in [1.165, 1.54) is 23.1 Å². The lowest BCUT2D eigenvalue weighted by Crippen LogP contribution is -2.22. The molecule has 21 heavy (non-hydrogen) atoms. The van der Waals surface area contributed by atoms with Gasteiger partial charge in [0.05, 0.1) is 20.9 Å². The predicted molar refractivity (Wildman–Crippen MR) is 89.4 cm³/mol. The van der Waals surface area contributed by atoms with Crippen LogP contribution < -0.4 is 5.32 Å². The van der Waals surface area contributed by atoms with E-state index >= 15 is 0 Å². The van der Waals surface area contributed by atoms with Gasteiger partial charge < -0.3 is 5.32 Å². The summed E-state index contributed by atoms with van der Waals surface area (Å²) in [5.74, 6) is -0.199. The molecule has 7 heteroatoms. The van der Waals surface area contributed by atoms with Crippen LogP contribution in [0.5, 0.6) is 0 Å². The van der Waals surface area contributed by atoms with Crippen LogP contribution in [-0.2, 0) is 4.79 Å². The van der Waals surface area contributed by atoms with Gasteiger partial charge in [-0.15, -0.1) is 23.1 Å². The molecule has 2 aromatic rings. The predicted octanol–water partition coefficient (Wildman–Crippen LogP) is 5.05. The molecule has 1 heterocycles. The van der Waals surface area contributed by atoms with Crippen molar-refractivity contribution < 1.29 is 4.79 Å². The normalized spacial score (nSPS) is 11.7. The fourth-order valence-corrected chi connectivity index (χ4v) is 3.82. The molecule has 0 saturated heterocycles. The van der Waals surface area contributed by atoms with Crippen LogP contribution in [-0.4, -0.2) is 11.2 Å². The van der Waals surface area contributed by atoms with Crippen molar-refractivity contribution in [2.24, 2.45) is 0 Å². The zero-order valence-electron chi connectivity index (χ0n) is 10.9. The number of rotatable bonds is 4. The summed E-state index contributed by atoms with van der Waals surface area (Å²) in [6.07, 6.45) is 0. The quantitative estimate of drug-likeness (QED) is 0.780. The van der Waals surface area contributed by atoms with Gasteiger partial charge in [-0.25, -0.2) is 0 Å². The first kappa shape index (κ1) is 16.2. The lowest BCUT2D eigenvalue weighted by atomic mass is 10.3. The molecule has 1 aromatic heterocycles. The van der Waals surface area contributed by atoms with Gasteiger partial charge >= 0.3 is 0 Å². The second-order valence-corrected chi connectivity index (χ2v) is 7.16. The van der Waals surface area contributed by atoms with Crippen molar-refractivity contribution in [3.05, 3.63) is 45.3 Å². The third-order valence-electron chi connectivity index (χ3n) is 2.61. The first-order valence-electron chi connectivity index (χ1n) is 5.92. The van der Waals surface area contributed by atoms with E-state index in [1.807, 2.05) is 6.07 Å². The molecule has 0 aliphatic rings. The van der Waals surface area contributed by atoms with E-state index in [0.717, 1.165) is 0 Å². The molecule has 2 rings (SSSR count). The maximum absolute atomic E-state index is 12.2. The van der Waals surface area contributed by atoms with Gasteiger partial charge in [-0.2, -0.15) is 5.26 Å². The number of thioether (sulfide) groups is 1. The zero-order valence-corrected chi connectivity index (χ0v) is 14.0. The summed E-state index contributed by atoms with van der Waals surface area (Å²) >= 11 is 14.8. The number of benzene rings is 1. The summed E-state index contributed by atoms with van der Waals surface area (Å²) in [4.78, 5) is 12.9. The van der Waals surface area contributed by atoms with E-state index < -0.39 is 5.25 Å².